The number of hydrogen-bond donors (Lipinski definition) is 0. The van der Waals surface area contributed by atoms with Crippen LogP contribution in [0.2, 0.25) is 0 Å². The lowest BCUT2D eigenvalue weighted by atomic mass is 10.2. The molecule has 1 fully saturated rings. The number of ether oxygens (including phenoxy) is 3. The van der Waals surface area contributed by atoms with Crippen molar-refractivity contribution in [2.24, 2.45) is 0 Å². The summed E-state index contributed by atoms with van der Waals surface area (Å²) in [4.78, 5) is 21.7. The molecule has 5 aromatic rings. The van der Waals surface area contributed by atoms with Crippen molar-refractivity contribution in [2.75, 3.05) is 51.0 Å². The molecule has 0 bridgehead atoms. The largest absolute Gasteiger partial charge is 0.494 e. The summed E-state index contributed by atoms with van der Waals surface area (Å²) in [7, 11) is 0. The second kappa shape index (κ2) is 13.0. The average molecular weight is 568 g/mol. The molecule has 3 aromatic carbocycles. The number of rotatable bonds is 11. The van der Waals surface area contributed by atoms with E-state index in [1.165, 1.54) is 15.8 Å². The van der Waals surface area contributed by atoms with Gasteiger partial charge in [0.15, 0.2) is 0 Å². The Morgan fingerprint density at radius 2 is 1.71 bits per heavy atom. The van der Waals surface area contributed by atoms with E-state index in [4.69, 9.17) is 14.2 Å². The third kappa shape index (κ3) is 6.78. The maximum atomic E-state index is 12.1. The first-order valence-corrected chi connectivity index (χ1v) is 14.9. The van der Waals surface area contributed by atoms with Gasteiger partial charge in [-0.15, -0.1) is 11.3 Å². The Balaban J connectivity index is 0.918. The van der Waals surface area contributed by atoms with Crippen LogP contribution in [-0.2, 0) is 4.74 Å². The molecule has 0 amide bonds. The van der Waals surface area contributed by atoms with Gasteiger partial charge in [0.25, 0.3) is 0 Å². The summed E-state index contributed by atoms with van der Waals surface area (Å²) in [5.41, 5.74) is 2.62. The van der Waals surface area contributed by atoms with Gasteiger partial charge in [-0.05, 0) is 73.3 Å². The van der Waals surface area contributed by atoms with Gasteiger partial charge in [-0.3, -0.25) is 4.90 Å². The predicted octanol–water partition coefficient (Wildman–Crippen LogP) is 6.62. The van der Waals surface area contributed by atoms with Crippen molar-refractivity contribution >= 4 is 44.0 Å². The SMILES string of the molecule is O=C(OCOc1ccc2ccc(OCCCCN3CCN(c4cccc5sccc45)CC3)cc2n1)c1ccccc1. The van der Waals surface area contributed by atoms with Crippen molar-refractivity contribution in [3.63, 3.8) is 0 Å². The number of esters is 1. The number of pyridine rings is 1. The van der Waals surface area contributed by atoms with E-state index in [0.29, 0.717) is 18.1 Å². The van der Waals surface area contributed by atoms with E-state index < -0.39 is 5.97 Å². The Hall–Kier alpha value is -4.14. The van der Waals surface area contributed by atoms with Crippen LogP contribution in [0.25, 0.3) is 21.0 Å². The van der Waals surface area contributed by atoms with Gasteiger partial charge in [-0.1, -0.05) is 24.3 Å². The quantitative estimate of drug-likeness (QED) is 0.101. The van der Waals surface area contributed by atoms with E-state index in [9.17, 15) is 4.79 Å². The minimum absolute atomic E-state index is 0.206. The highest BCUT2D eigenvalue weighted by Crippen LogP contribution is 2.31. The highest BCUT2D eigenvalue weighted by Gasteiger charge is 2.18. The molecule has 0 saturated carbocycles. The number of fused-ring (bicyclic) bond motifs is 2. The lowest BCUT2D eigenvalue weighted by Gasteiger charge is -2.36. The summed E-state index contributed by atoms with van der Waals surface area (Å²) in [6.45, 7) is 5.86. The Morgan fingerprint density at radius 1 is 0.854 bits per heavy atom. The number of aromatic nitrogens is 1. The van der Waals surface area contributed by atoms with Gasteiger partial charge in [0.1, 0.15) is 5.75 Å². The van der Waals surface area contributed by atoms with Crippen molar-refractivity contribution in [1.82, 2.24) is 9.88 Å². The van der Waals surface area contributed by atoms with E-state index in [-0.39, 0.29) is 6.79 Å². The molecule has 0 unspecified atom stereocenters. The monoisotopic (exact) mass is 567 g/mol. The van der Waals surface area contributed by atoms with Crippen LogP contribution in [0.1, 0.15) is 23.2 Å². The molecule has 41 heavy (non-hydrogen) atoms. The van der Waals surface area contributed by atoms with Gasteiger partial charge in [-0.2, -0.15) is 0 Å². The number of nitrogens with zero attached hydrogens (tertiary/aromatic N) is 3. The molecule has 3 heterocycles. The summed E-state index contributed by atoms with van der Waals surface area (Å²) in [5, 5.41) is 4.54. The van der Waals surface area contributed by atoms with E-state index in [2.05, 4.69) is 44.4 Å². The Kier molecular flexibility index (Phi) is 8.59. The number of piperazine rings is 1. The number of unbranched alkanes of at least 4 members (excludes halogenated alkanes) is 1. The van der Waals surface area contributed by atoms with E-state index >= 15 is 0 Å². The molecular weight excluding hydrogens is 534 g/mol. The highest BCUT2D eigenvalue weighted by atomic mass is 32.1. The first kappa shape index (κ1) is 27.1. The van der Waals surface area contributed by atoms with E-state index in [0.717, 1.165) is 62.2 Å². The summed E-state index contributed by atoms with van der Waals surface area (Å²) in [5.74, 6) is 0.743. The molecule has 1 saturated heterocycles. The van der Waals surface area contributed by atoms with Gasteiger partial charge in [0.2, 0.25) is 12.7 Å². The zero-order chi connectivity index (χ0) is 27.9. The van der Waals surface area contributed by atoms with Crippen molar-refractivity contribution in [3.05, 3.63) is 95.9 Å². The average Bonchev–Trinajstić information content (AvgIpc) is 3.51. The first-order valence-electron chi connectivity index (χ1n) is 14.0. The summed E-state index contributed by atoms with van der Waals surface area (Å²) in [6, 6.07) is 27.3. The molecular formula is C33H33N3O4S. The highest BCUT2D eigenvalue weighted by molar-refractivity contribution is 7.17. The summed E-state index contributed by atoms with van der Waals surface area (Å²) >= 11 is 1.81. The second-order valence-corrected chi connectivity index (χ2v) is 11.0. The third-order valence-electron chi connectivity index (χ3n) is 7.37. The van der Waals surface area contributed by atoms with Gasteiger partial charge < -0.3 is 19.1 Å². The van der Waals surface area contributed by atoms with E-state index in [1.807, 2.05) is 41.7 Å². The number of benzene rings is 3. The van der Waals surface area contributed by atoms with Crippen LogP contribution in [0, 0.1) is 0 Å². The van der Waals surface area contributed by atoms with Gasteiger partial charge in [-0.25, -0.2) is 9.78 Å². The molecule has 2 aromatic heterocycles. The smallest absolute Gasteiger partial charge is 0.340 e. The molecule has 210 valence electrons. The number of hydrogen-bond acceptors (Lipinski definition) is 8. The third-order valence-corrected chi connectivity index (χ3v) is 8.25. The lowest BCUT2D eigenvalue weighted by molar-refractivity contribution is 0.0142. The molecule has 0 radical (unpaired) electrons. The summed E-state index contributed by atoms with van der Waals surface area (Å²) in [6.07, 6.45) is 2.10. The molecule has 1 aliphatic rings. The van der Waals surface area contributed by atoms with Gasteiger partial charge in [0.05, 0.1) is 17.7 Å². The first-order chi connectivity index (χ1) is 20.2. The Labute approximate surface area is 243 Å². The van der Waals surface area contributed by atoms with Crippen LogP contribution < -0.4 is 14.4 Å². The van der Waals surface area contributed by atoms with Crippen molar-refractivity contribution in [3.8, 4) is 11.6 Å². The van der Waals surface area contributed by atoms with Crippen molar-refractivity contribution < 1.29 is 19.0 Å². The minimum atomic E-state index is -0.434. The van der Waals surface area contributed by atoms with Crippen LogP contribution in [0.15, 0.2) is 90.3 Å². The minimum Gasteiger partial charge on any atom is -0.494 e. The second-order valence-electron chi connectivity index (χ2n) is 10.1. The standard InChI is InChI=1S/C33H33N3O4S/c37-33(26-7-2-1-3-8-26)40-24-39-32-14-12-25-11-13-27(23-29(25)34-32)38-21-5-4-16-35-17-19-36(20-18-35)30-9-6-10-31-28(30)15-22-41-31/h1-3,6-15,22-23H,4-5,16-21,24H2. The molecule has 0 N–H and O–H groups in total. The number of thiophene rings is 1. The Morgan fingerprint density at radius 3 is 2.59 bits per heavy atom. The van der Waals surface area contributed by atoms with Crippen LogP contribution in [0.3, 0.4) is 0 Å². The van der Waals surface area contributed by atoms with Gasteiger partial charge in [0, 0.05) is 59.5 Å². The van der Waals surface area contributed by atoms with Crippen LogP contribution >= 0.6 is 11.3 Å². The molecule has 7 nitrogen and oxygen atoms in total. The van der Waals surface area contributed by atoms with Gasteiger partial charge >= 0.3 is 5.97 Å². The maximum absolute atomic E-state index is 12.1. The fourth-order valence-corrected chi connectivity index (χ4v) is 5.95. The topological polar surface area (TPSA) is 64.1 Å². The van der Waals surface area contributed by atoms with Crippen LogP contribution in [0.4, 0.5) is 5.69 Å². The molecule has 0 atom stereocenters. The fraction of sp³-hybridized carbons (Fsp3) is 0.273. The molecule has 8 heteroatoms. The summed E-state index contributed by atoms with van der Waals surface area (Å²) < 4.78 is 18.2. The molecule has 0 aliphatic carbocycles. The Bertz CT molecular complexity index is 1600. The molecule has 1 aliphatic heterocycles. The zero-order valence-corrected chi connectivity index (χ0v) is 23.7. The predicted molar refractivity (Wildman–Crippen MR) is 164 cm³/mol. The molecule has 6 rings (SSSR count). The molecule has 0 spiro atoms. The van der Waals surface area contributed by atoms with E-state index in [1.54, 1.807) is 30.3 Å². The maximum Gasteiger partial charge on any atom is 0.340 e. The fourth-order valence-electron chi connectivity index (χ4n) is 5.14. The normalized spacial score (nSPS) is 13.9. The van der Waals surface area contributed by atoms with Crippen molar-refractivity contribution in [2.45, 2.75) is 12.8 Å². The van der Waals surface area contributed by atoms with Crippen molar-refractivity contribution in [1.29, 1.82) is 0 Å². The number of carbonyl (C=O) groups is 1. The number of carbonyl (C=O) groups excluding carboxylic acids is 1. The van der Waals surface area contributed by atoms with Crippen LogP contribution in [-0.4, -0.2) is 62.0 Å². The number of anilines is 1. The zero-order valence-electron chi connectivity index (χ0n) is 22.9. The lowest BCUT2D eigenvalue weighted by Crippen LogP contribution is -2.46. The van der Waals surface area contributed by atoms with Crippen LogP contribution in [0.5, 0.6) is 11.6 Å².